The Hall–Kier alpha value is 0.270. The summed E-state index contributed by atoms with van der Waals surface area (Å²) in [7, 11) is -9.25. The van der Waals surface area contributed by atoms with E-state index in [1.807, 2.05) is 0 Å². The van der Waals surface area contributed by atoms with Crippen LogP contribution in [0.25, 0.3) is 0 Å². The second-order valence-electron chi connectivity index (χ2n) is 21.9. The van der Waals surface area contributed by atoms with Crippen LogP contribution in [0.2, 0.25) is 0 Å². The van der Waals surface area contributed by atoms with Gasteiger partial charge in [0.1, 0.15) is 0 Å². The molecule has 2 unspecified atom stereocenters. The van der Waals surface area contributed by atoms with Crippen LogP contribution in [-0.4, -0.2) is 128 Å². The Balaban J connectivity index is -0.00000520. The zero-order chi connectivity index (χ0) is 59.1. The fourth-order valence-electron chi connectivity index (χ4n) is 9.06. The van der Waals surface area contributed by atoms with Crippen LogP contribution in [0.4, 0.5) is 4.79 Å². The van der Waals surface area contributed by atoms with Gasteiger partial charge in [-0.2, -0.15) is 0 Å². The van der Waals surface area contributed by atoms with Crippen molar-refractivity contribution in [3.63, 3.8) is 0 Å². The van der Waals surface area contributed by atoms with Crippen molar-refractivity contribution < 1.29 is 133 Å². The molecule has 0 aromatic carbocycles. The number of ether oxygens (including phenoxy) is 2. The number of carbonyl (C=O) groups excluding carboxylic acids is 3. The summed E-state index contributed by atoms with van der Waals surface area (Å²) in [6.45, 7) is 7.28. The van der Waals surface area contributed by atoms with E-state index in [0.717, 1.165) is 103 Å². The molecule has 19 nitrogen and oxygen atoms in total. The maximum Gasteiger partial charge on any atom is 1.00 e. The second kappa shape index (κ2) is 62.9. The molecule has 0 spiro atoms. The molecule has 8 N–H and O–H groups in total. The van der Waals surface area contributed by atoms with Crippen molar-refractivity contribution >= 4 is 33.5 Å². The van der Waals surface area contributed by atoms with Crippen LogP contribution in [-0.2, 0) is 46.3 Å². The number of amides is 4. The maximum absolute atomic E-state index is 12.9. The van der Waals surface area contributed by atoms with Gasteiger partial charge in [0.05, 0.1) is 63.9 Å². The quantitative estimate of drug-likeness (QED) is 0.0167. The fraction of sp³-hybridized carbons (Fsp3) is 0.949. The predicted molar refractivity (Wildman–Crippen MR) is 323 cm³/mol. The van der Waals surface area contributed by atoms with E-state index >= 15 is 0 Å². The molecule has 0 aliphatic rings. The van der Waals surface area contributed by atoms with E-state index in [9.17, 15) is 43.5 Å². The zero-order valence-corrected chi connectivity index (χ0v) is 58.7. The largest absolute Gasteiger partial charge is 1.00 e. The van der Waals surface area contributed by atoms with Gasteiger partial charge < -0.3 is 53.6 Å². The molecule has 0 aliphatic heterocycles. The van der Waals surface area contributed by atoms with E-state index in [-0.39, 0.29) is 127 Å². The Kier molecular flexibility index (Phi) is 66.3. The van der Waals surface area contributed by atoms with Gasteiger partial charge in [-0.05, 0) is 38.5 Å². The summed E-state index contributed by atoms with van der Waals surface area (Å²) >= 11 is 0. The molecule has 4 amide bonds. The van der Waals surface area contributed by atoms with E-state index in [4.69, 9.17) is 27.6 Å². The summed E-state index contributed by atoms with van der Waals surface area (Å²) in [5.74, 6) is -0.443. The smallest absolute Gasteiger partial charge is 1.00 e. The van der Waals surface area contributed by atoms with Gasteiger partial charge in [0.2, 0.25) is 11.8 Å². The average Bonchev–Trinajstić information content (AvgIpc) is 3.44. The Bertz CT molecular complexity index is 1450. The molecule has 82 heavy (non-hydrogen) atoms. The molecule has 0 rings (SSSR count). The number of hydrogen-bond donors (Lipinski definition) is 8. The summed E-state index contributed by atoms with van der Waals surface area (Å²) < 4.78 is 57.8. The van der Waals surface area contributed by atoms with Crippen molar-refractivity contribution in [2.24, 2.45) is 0 Å². The molecule has 0 fully saturated rings. The Morgan fingerprint density at radius 3 is 0.976 bits per heavy atom. The van der Waals surface area contributed by atoms with Crippen molar-refractivity contribution in [3.05, 3.63) is 0 Å². The van der Waals surface area contributed by atoms with Crippen LogP contribution in [0, 0.1) is 0 Å². The van der Waals surface area contributed by atoms with Gasteiger partial charge in [-0.1, -0.05) is 220 Å². The number of phosphoric ester groups is 2. The number of urea groups is 1. The maximum atomic E-state index is 12.9. The number of phosphoric acid groups is 2. The minimum absolute atomic E-state index is 0. The SMILES string of the molecule is CCCCCCCCCCCCCC(=O)N[C@H](COCC[C@H](O)CCCCCCC)COP(=O)(O)OCCNC(=O)NCCOP(=O)(O)OC[C@H](COCC[C@H](O)CCCCCCC)NC(=O)CCCCCCCCCCCCC.[H-].[H-].[Na+].[Na+]. The fourth-order valence-corrected chi connectivity index (χ4v) is 10.6. The molecule has 0 bridgehead atoms. The Morgan fingerprint density at radius 2 is 0.671 bits per heavy atom. The minimum atomic E-state index is -4.63. The van der Waals surface area contributed by atoms with E-state index < -0.39 is 59.2 Å². The van der Waals surface area contributed by atoms with Gasteiger partial charge in [0.15, 0.2) is 0 Å². The molecule has 6 atom stereocenters. The number of aliphatic hydroxyl groups is 2. The molecule has 480 valence electrons. The normalized spacial score (nSPS) is 14.3. The predicted octanol–water partition coefficient (Wildman–Crippen LogP) is 7.41. The number of hydrogen-bond acceptors (Lipinski definition) is 13. The third-order valence-electron chi connectivity index (χ3n) is 14.0. The first-order valence-corrected chi connectivity index (χ1v) is 35.0. The molecule has 0 saturated carbocycles. The number of nitrogens with one attached hydrogen (secondary N) is 4. The second-order valence-corrected chi connectivity index (χ2v) is 24.8. The first kappa shape index (κ1) is 86.5. The third kappa shape index (κ3) is 61.9. The summed E-state index contributed by atoms with van der Waals surface area (Å²) in [4.78, 5) is 59.1. The van der Waals surface area contributed by atoms with Gasteiger partial charge in [-0.15, -0.1) is 0 Å². The number of unbranched alkanes of at least 4 members (excludes halogenated alkanes) is 28. The van der Waals surface area contributed by atoms with Crippen LogP contribution in [0.5, 0.6) is 0 Å². The molecule has 0 aromatic heterocycles. The van der Waals surface area contributed by atoms with Crippen LogP contribution in [0.15, 0.2) is 0 Å². The molecule has 23 heteroatoms. The van der Waals surface area contributed by atoms with Crippen LogP contribution >= 0.6 is 15.6 Å². The first-order chi connectivity index (χ1) is 38.7. The molecular weight excluding hydrogens is 1110 g/mol. The minimum Gasteiger partial charge on any atom is -1.00 e. The Morgan fingerprint density at radius 1 is 0.390 bits per heavy atom. The topological polar surface area (TPSA) is 270 Å². The van der Waals surface area contributed by atoms with E-state index in [1.54, 1.807) is 0 Å². The third-order valence-corrected chi connectivity index (χ3v) is 16.0. The van der Waals surface area contributed by atoms with Gasteiger partial charge in [-0.25, -0.2) is 13.9 Å². The average molecular weight is 1240 g/mol. The number of rotatable bonds is 62. The van der Waals surface area contributed by atoms with Crippen LogP contribution in [0.1, 0.15) is 275 Å². The van der Waals surface area contributed by atoms with Gasteiger partial charge >= 0.3 is 80.8 Å². The standard InChI is InChI=1S/C59H120N4O15P2.2Na.2H/c1-5-9-13-17-19-21-23-25-27-31-35-39-57(66)62-53(49-73-45-41-55(64)37-33-29-15-11-7-3)51-77-79(69,70)75-47-43-60-59(68)61-44-48-76-80(71,72)78-52-54(50-74-46-42-56(65)38-34-30-16-12-8-4)63-58(67)40-36-32-28-26-24-22-20-18-14-10-6-2;;;;/h53-56,64-65H,5-52H2,1-4H3,(H,62,66)(H,63,67)(H,69,70)(H,71,72)(H2,60,61,68);;;;/q;2*+1;2*-1/t53-,54+,55-,56-;;;;/m1..../s1. The zero-order valence-electron chi connectivity index (χ0n) is 54.9. The first-order valence-electron chi connectivity index (χ1n) is 32.0. The molecule has 0 aliphatic carbocycles. The van der Waals surface area contributed by atoms with Gasteiger partial charge in [0.25, 0.3) is 0 Å². The van der Waals surface area contributed by atoms with Gasteiger partial charge in [-0.3, -0.25) is 27.7 Å². The summed E-state index contributed by atoms with van der Waals surface area (Å²) in [5.41, 5.74) is 0. The Labute approximate surface area is 545 Å². The van der Waals surface area contributed by atoms with Crippen molar-refractivity contribution in [3.8, 4) is 0 Å². The van der Waals surface area contributed by atoms with Crippen molar-refractivity contribution in [2.45, 2.75) is 296 Å². The summed E-state index contributed by atoms with van der Waals surface area (Å²) in [6, 6.07) is -2.23. The van der Waals surface area contributed by atoms with Crippen molar-refractivity contribution in [1.29, 1.82) is 0 Å². The van der Waals surface area contributed by atoms with Crippen molar-refractivity contribution in [1.82, 2.24) is 21.3 Å². The van der Waals surface area contributed by atoms with Crippen molar-refractivity contribution in [2.75, 3.05) is 65.9 Å². The molecule has 0 aromatic rings. The summed E-state index contributed by atoms with van der Waals surface area (Å²) in [5, 5.41) is 31.4. The molecular formula is C59H122N4Na2O15P2. The van der Waals surface area contributed by atoms with Gasteiger partial charge in [0, 0.05) is 39.1 Å². The van der Waals surface area contributed by atoms with Crippen LogP contribution in [0.3, 0.4) is 0 Å². The van der Waals surface area contributed by atoms with E-state index in [0.29, 0.717) is 38.5 Å². The number of carbonyl (C=O) groups is 3. The monoisotopic (exact) mass is 1230 g/mol. The molecule has 0 heterocycles. The molecule has 0 radical (unpaired) electrons. The number of aliphatic hydroxyl groups excluding tert-OH is 2. The van der Waals surface area contributed by atoms with E-state index in [2.05, 4.69) is 49.0 Å². The summed E-state index contributed by atoms with van der Waals surface area (Å²) in [6.07, 6.45) is 38.2. The molecule has 0 saturated heterocycles. The van der Waals surface area contributed by atoms with E-state index in [1.165, 1.54) is 103 Å². The van der Waals surface area contributed by atoms with Crippen LogP contribution < -0.4 is 80.4 Å².